The van der Waals surface area contributed by atoms with Crippen molar-refractivity contribution >= 4 is 39.6 Å². The summed E-state index contributed by atoms with van der Waals surface area (Å²) in [6, 6.07) is 38.3. The van der Waals surface area contributed by atoms with Gasteiger partial charge in [-0.1, -0.05) is 156 Å². The van der Waals surface area contributed by atoms with Crippen LogP contribution in [0.25, 0.3) is 32.7 Å². The average Bonchev–Trinajstić information content (AvgIpc) is 3.09. The summed E-state index contributed by atoms with van der Waals surface area (Å²) in [7, 11) is -0.524. The van der Waals surface area contributed by atoms with Crippen molar-refractivity contribution in [1.82, 2.24) is 0 Å². The number of hydrogen-bond acceptors (Lipinski definition) is 4. The Morgan fingerprint density at radius 3 is 1.04 bits per heavy atom. The van der Waals surface area contributed by atoms with E-state index in [1.165, 1.54) is 21.9 Å². The van der Waals surface area contributed by atoms with E-state index < -0.39 is 0 Å². The summed E-state index contributed by atoms with van der Waals surface area (Å²) in [5.74, 6) is 3.17. The van der Waals surface area contributed by atoms with E-state index in [1.54, 1.807) is 0 Å². The van der Waals surface area contributed by atoms with Crippen molar-refractivity contribution in [2.45, 2.75) is 105 Å². The first kappa shape index (κ1) is 39.6. The fourth-order valence-electron chi connectivity index (χ4n) is 6.54. The minimum Gasteiger partial charge on any atom is -0.441 e. The zero-order valence-electron chi connectivity index (χ0n) is 34.0. The molecule has 0 aromatic heterocycles. The molecular formula is C48H56O4P2. The second-order valence-corrected chi connectivity index (χ2v) is 19.5. The summed E-state index contributed by atoms with van der Waals surface area (Å²) < 4.78 is 26.5. The molecule has 4 nitrogen and oxygen atoms in total. The Hall–Kier alpha value is -4.10. The van der Waals surface area contributed by atoms with Gasteiger partial charge in [-0.25, -0.2) is 0 Å². The molecular weight excluding hydrogens is 702 g/mol. The van der Waals surface area contributed by atoms with Gasteiger partial charge in [0, 0.05) is 22.3 Å². The van der Waals surface area contributed by atoms with E-state index in [0.717, 1.165) is 56.0 Å². The Labute approximate surface area is 326 Å². The van der Waals surface area contributed by atoms with Crippen LogP contribution in [-0.2, 0) is 21.7 Å². The molecule has 6 rings (SSSR count). The molecule has 0 N–H and O–H groups in total. The van der Waals surface area contributed by atoms with Crippen LogP contribution < -0.4 is 18.1 Å². The maximum Gasteiger partial charge on any atom is 0.275 e. The Morgan fingerprint density at radius 2 is 0.704 bits per heavy atom. The summed E-state index contributed by atoms with van der Waals surface area (Å²) >= 11 is 0. The van der Waals surface area contributed by atoms with Crippen LogP contribution in [-0.4, -0.2) is 0 Å². The van der Waals surface area contributed by atoms with Crippen molar-refractivity contribution in [2.24, 2.45) is 0 Å². The normalized spacial score (nSPS) is 13.0. The first-order valence-corrected chi connectivity index (χ1v) is 20.5. The molecule has 0 aliphatic rings. The number of hydrogen-bond donors (Lipinski definition) is 0. The van der Waals surface area contributed by atoms with Gasteiger partial charge in [0.1, 0.15) is 23.0 Å². The van der Waals surface area contributed by atoms with E-state index in [-0.39, 0.29) is 39.7 Å². The zero-order valence-corrected chi connectivity index (χ0v) is 36.0. The van der Waals surface area contributed by atoms with Gasteiger partial charge < -0.3 is 18.1 Å². The maximum atomic E-state index is 6.87. The third-order valence-electron chi connectivity index (χ3n) is 9.86. The molecule has 0 heterocycles. The molecule has 0 aliphatic heterocycles. The highest BCUT2D eigenvalue weighted by molar-refractivity contribution is 7.27. The van der Waals surface area contributed by atoms with Gasteiger partial charge in [0.2, 0.25) is 0 Å². The Morgan fingerprint density at radius 1 is 0.352 bits per heavy atom. The van der Waals surface area contributed by atoms with E-state index in [2.05, 4.69) is 168 Å². The molecule has 0 bridgehead atoms. The smallest absolute Gasteiger partial charge is 0.275 e. The lowest BCUT2D eigenvalue weighted by molar-refractivity contribution is 0.485. The molecule has 0 aliphatic carbocycles. The van der Waals surface area contributed by atoms with Gasteiger partial charge in [-0.3, -0.25) is 0 Å². The topological polar surface area (TPSA) is 36.9 Å². The van der Waals surface area contributed by atoms with Crippen LogP contribution in [0.5, 0.6) is 23.0 Å². The van der Waals surface area contributed by atoms with Gasteiger partial charge in [-0.2, -0.15) is 0 Å². The molecule has 54 heavy (non-hydrogen) atoms. The predicted octanol–water partition coefficient (Wildman–Crippen LogP) is 14.8. The lowest BCUT2D eigenvalue weighted by Crippen LogP contribution is -2.19. The summed E-state index contributed by atoms with van der Waals surface area (Å²) in [5.41, 5.74) is 6.00. The molecule has 2 unspecified atom stereocenters. The van der Waals surface area contributed by atoms with Crippen LogP contribution in [0.1, 0.15) is 105 Å². The van der Waals surface area contributed by atoms with Crippen LogP contribution in [0, 0.1) is 0 Å². The summed E-state index contributed by atoms with van der Waals surface area (Å²) in [4.78, 5) is 0. The van der Waals surface area contributed by atoms with Gasteiger partial charge in [0.25, 0.3) is 18.1 Å². The van der Waals surface area contributed by atoms with E-state index in [0.29, 0.717) is 0 Å². The zero-order chi connectivity index (χ0) is 39.1. The Balaban J connectivity index is 1.50. The Kier molecular flexibility index (Phi) is 11.1. The predicted molar refractivity (Wildman–Crippen MR) is 234 cm³/mol. The fraction of sp³-hybridized carbons (Fsp3) is 0.333. The van der Waals surface area contributed by atoms with Crippen LogP contribution in [0.2, 0.25) is 0 Å². The van der Waals surface area contributed by atoms with Crippen LogP contribution >= 0.6 is 18.1 Å². The first-order chi connectivity index (χ1) is 25.3. The van der Waals surface area contributed by atoms with E-state index >= 15 is 0 Å². The van der Waals surface area contributed by atoms with Crippen LogP contribution in [0.4, 0.5) is 0 Å². The monoisotopic (exact) mass is 758 g/mol. The van der Waals surface area contributed by atoms with Crippen molar-refractivity contribution < 1.29 is 18.1 Å². The number of fused-ring (bicyclic) bond motifs is 2. The quantitative estimate of drug-likeness (QED) is 0.138. The van der Waals surface area contributed by atoms with Crippen LogP contribution in [0.15, 0.2) is 109 Å². The third-order valence-corrected chi connectivity index (χ3v) is 11.1. The summed E-state index contributed by atoms with van der Waals surface area (Å²) in [5, 5.41) is 4.62. The number of rotatable bonds is 9. The third kappa shape index (κ3) is 9.05. The first-order valence-electron chi connectivity index (χ1n) is 18.8. The molecule has 0 radical (unpaired) electrons. The number of benzene rings is 6. The standard InChI is InChI=1S/C48H56O4P2/c1-45(2,3)35-27-39(43(41(29-35)47(7,8)9)51-53-49-37-23-21-31-17-13-15-19-33(31)25-37)40-28-36(46(4,5)6)30-42(48(10,11)12)44(40)52-54-50-38-24-22-32-18-14-16-20-34(32)26-38/h13-30,53-54H,1-12H3. The van der Waals surface area contributed by atoms with E-state index in [4.69, 9.17) is 18.1 Å². The summed E-state index contributed by atoms with van der Waals surface area (Å²) in [6.07, 6.45) is 0. The average molecular weight is 759 g/mol. The van der Waals surface area contributed by atoms with Gasteiger partial charge in [-0.15, -0.1) is 0 Å². The fourth-order valence-corrected chi connectivity index (χ4v) is 7.68. The lowest BCUT2D eigenvalue weighted by Gasteiger charge is -2.32. The largest absolute Gasteiger partial charge is 0.441 e. The summed E-state index contributed by atoms with van der Waals surface area (Å²) in [6.45, 7) is 27.1. The molecule has 0 saturated carbocycles. The van der Waals surface area contributed by atoms with Gasteiger partial charge in [0.05, 0.1) is 0 Å². The highest BCUT2D eigenvalue weighted by atomic mass is 31.1. The maximum absolute atomic E-state index is 6.87. The molecule has 6 aromatic rings. The van der Waals surface area contributed by atoms with Crippen molar-refractivity contribution in [2.75, 3.05) is 0 Å². The van der Waals surface area contributed by atoms with Gasteiger partial charge in [-0.05, 0) is 90.7 Å². The lowest BCUT2D eigenvalue weighted by atomic mass is 9.75. The van der Waals surface area contributed by atoms with Gasteiger partial charge >= 0.3 is 0 Å². The van der Waals surface area contributed by atoms with Crippen molar-refractivity contribution in [3.63, 3.8) is 0 Å². The van der Waals surface area contributed by atoms with E-state index in [1.807, 2.05) is 24.3 Å². The van der Waals surface area contributed by atoms with Crippen LogP contribution in [0.3, 0.4) is 0 Å². The van der Waals surface area contributed by atoms with Crippen molar-refractivity contribution in [3.8, 4) is 34.1 Å². The SMILES string of the molecule is CC(C)(C)c1cc(-c2cc(C(C)(C)C)cc(C(C)(C)C)c2OPOc2ccc3ccccc3c2)c(OPOc2ccc3ccccc3c2)c(C(C)(C)C)c1. The molecule has 2 atom stereocenters. The molecule has 282 valence electrons. The molecule has 6 aromatic carbocycles. The molecule has 0 spiro atoms. The van der Waals surface area contributed by atoms with Gasteiger partial charge in [0.15, 0.2) is 0 Å². The molecule has 6 heteroatoms. The van der Waals surface area contributed by atoms with Crippen molar-refractivity contribution in [3.05, 3.63) is 131 Å². The second-order valence-electron chi connectivity index (χ2n) is 18.4. The highest BCUT2D eigenvalue weighted by Crippen LogP contribution is 2.51. The van der Waals surface area contributed by atoms with Crippen molar-refractivity contribution in [1.29, 1.82) is 0 Å². The minimum absolute atomic E-state index is 0.117. The second kappa shape index (κ2) is 15.2. The highest BCUT2D eigenvalue weighted by Gasteiger charge is 2.32. The Bertz CT molecular complexity index is 2120. The van der Waals surface area contributed by atoms with E-state index in [9.17, 15) is 0 Å². The molecule has 0 amide bonds. The molecule has 0 fully saturated rings. The minimum atomic E-state index is -0.262. The molecule has 0 saturated heterocycles.